The Morgan fingerprint density at radius 1 is 0.939 bits per heavy atom. The van der Waals surface area contributed by atoms with Gasteiger partial charge in [0.1, 0.15) is 11.5 Å². The van der Waals surface area contributed by atoms with E-state index in [-0.39, 0.29) is 12.1 Å². The minimum atomic E-state index is -0.0597. The zero-order chi connectivity index (χ0) is 22.9. The van der Waals surface area contributed by atoms with E-state index in [1.54, 1.807) is 0 Å². The summed E-state index contributed by atoms with van der Waals surface area (Å²) in [4.78, 5) is 10.3. The molecule has 5 rings (SSSR count). The highest BCUT2D eigenvalue weighted by Crippen LogP contribution is 2.43. The third kappa shape index (κ3) is 4.10. The van der Waals surface area contributed by atoms with Crippen LogP contribution in [0.3, 0.4) is 0 Å². The molecule has 0 amide bonds. The highest BCUT2D eigenvalue weighted by molar-refractivity contribution is 7.80. The number of aromatic amines is 1. The van der Waals surface area contributed by atoms with E-state index in [1.807, 2.05) is 67.7 Å². The van der Waals surface area contributed by atoms with E-state index in [0.29, 0.717) is 5.11 Å². The molecule has 2 aromatic heterocycles. The van der Waals surface area contributed by atoms with Gasteiger partial charge in [-0.25, -0.2) is 0 Å². The molecule has 1 fully saturated rings. The van der Waals surface area contributed by atoms with E-state index in [9.17, 15) is 0 Å². The van der Waals surface area contributed by atoms with Crippen LogP contribution in [0.4, 0.5) is 5.69 Å². The molecule has 4 aromatic rings. The molecule has 0 bridgehead atoms. The Morgan fingerprint density at radius 3 is 2.36 bits per heavy atom. The zero-order valence-electron chi connectivity index (χ0n) is 18.9. The predicted molar refractivity (Wildman–Crippen MR) is 136 cm³/mol. The Morgan fingerprint density at radius 2 is 1.70 bits per heavy atom. The van der Waals surface area contributed by atoms with E-state index < -0.39 is 0 Å². The van der Waals surface area contributed by atoms with Crippen molar-refractivity contribution in [2.45, 2.75) is 32.9 Å². The summed E-state index contributed by atoms with van der Waals surface area (Å²) >= 11 is 5.83. The third-order valence-electron chi connectivity index (χ3n) is 6.04. The summed E-state index contributed by atoms with van der Waals surface area (Å²) in [5.74, 6) is 1.65. The SMILES string of the molecule is Cc1cc([C@H]2[C@H](c3ccccn3)NC(=S)N2c2ccc(Oc3ccccc3C)cc2)c(C)[nH]1. The first-order valence-electron chi connectivity index (χ1n) is 11.0. The van der Waals surface area contributed by atoms with Crippen molar-refractivity contribution < 1.29 is 4.74 Å². The number of aromatic nitrogens is 2. The highest BCUT2D eigenvalue weighted by atomic mass is 32.1. The molecule has 1 aliphatic rings. The maximum absolute atomic E-state index is 6.10. The number of aryl methyl sites for hydroxylation is 3. The number of thiocarbonyl (C=S) groups is 1. The second-order valence-electron chi connectivity index (χ2n) is 8.39. The van der Waals surface area contributed by atoms with Crippen LogP contribution in [-0.2, 0) is 0 Å². The number of anilines is 1. The molecule has 0 unspecified atom stereocenters. The van der Waals surface area contributed by atoms with E-state index in [1.165, 1.54) is 5.56 Å². The Balaban J connectivity index is 1.51. The smallest absolute Gasteiger partial charge is 0.174 e. The number of pyridine rings is 1. The number of nitrogens with zero attached hydrogens (tertiary/aromatic N) is 2. The molecule has 2 aromatic carbocycles. The average Bonchev–Trinajstić information content (AvgIpc) is 3.34. The van der Waals surface area contributed by atoms with Crippen LogP contribution in [0.25, 0.3) is 0 Å². The van der Waals surface area contributed by atoms with Gasteiger partial charge in [0.15, 0.2) is 5.11 Å². The molecule has 1 saturated heterocycles. The lowest BCUT2D eigenvalue weighted by atomic mass is 9.96. The van der Waals surface area contributed by atoms with Crippen LogP contribution in [0.5, 0.6) is 11.5 Å². The molecular formula is C27H26N4OS. The number of hydrogen-bond acceptors (Lipinski definition) is 3. The van der Waals surface area contributed by atoms with Crippen LogP contribution in [0.1, 0.15) is 40.3 Å². The molecule has 2 N–H and O–H groups in total. The average molecular weight is 455 g/mol. The molecule has 0 radical (unpaired) electrons. The number of rotatable bonds is 5. The summed E-state index contributed by atoms with van der Waals surface area (Å²) in [6, 6.07) is 24.2. The Bertz CT molecular complexity index is 1280. The third-order valence-corrected chi connectivity index (χ3v) is 6.36. The van der Waals surface area contributed by atoms with Crippen molar-refractivity contribution in [3.63, 3.8) is 0 Å². The van der Waals surface area contributed by atoms with Crippen LogP contribution in [0.2, 0.25) is 0 Å². The summed E-state index contributed by atoms with van der Waals surface area (Å²) in [5.41, 5.74) is 6.53. The van der Waals surface area contributed by atoms with Crippen LogP contribution in [-0.4, -0.2) is 15.1 Å². The first-order valence-corrected chi connectivity index (χ1v) is 11.4. The van der Waals surface area contributed by atoms with Crippen molar-refractivity contribution in [3.05, 3.63) is 107 Å². The van der Waals surface area contributed by atoms with Crippen molar-refractivity contribution in [2.75, 3.05) is 4.90 Å². The van der Waals surface area contributed by atoms with Crippen molar-refractivity contribution in [3.8, 4) is 11.5 Å². The molecule has 6 heteroatoms. The van der Waals surface area contributed by atoms with Crippen LogP contribution in [0, 0.1) is 20.8 Å². The second kappa shape index (κ2) is 8.71. The quantitative estimate of drug-likeness (QED) is 0.346. The van der Waals surface area contributed by atoms with Crippen molar-refractivity contribution >= 4 is 23.0 Å². The highest BCUT2D eigenvalue weighted by Gasteiger charge is 2.41. The summed E-state index contributed by atoms with van der Waals surface area (Å²) in [6.07, 6.45) is 1.83. The van der Waals surface area contributed by atoms with E-state index in [4.69, 9.17) is 17.0 Å². The van der Waals surface area contributed by atoms with Gasteiger partial charge in [0.25, 0.3) is 0 Å². The molecule has 166 valence electrons. The molecule has 2 atom stereocenters. The Kier molecular flexibility index (Phi) is 5.60. The van der Waals surface area contributed by atoms with Crippen molar-refractivity contribution in [1.29, 1.82) is 0 Å². The summed E-state index contributed by atoms with van der Waals surface area (Å²) in [5, 5.41) is 4.20. The molecule has 0 aliphatic carbocycles. The Labute approximate surface area is 199 Å². The molecule has 0 saturated carbocycles. The summed E-state index contributed by atoms with van der Waals surface area (Å²) in [6.45, 7) is 6.23. The lowest BCUT2D eigenvalue weighted by molar-refractivity contribution is 0.479. The minimum Gasteiger partial charge on any atom is -0.457 e. The minimum absolute atomic E-state index is 0.0273. The Hall–Kier alpha value is -3.64. The van der Waals surface area contributed by atoms with E-state index >= 15 is 0 Å². The zero-order valence-corrected chi connectivity index (χ0v) is 19.7. The van der Waals surface area contributed by atoms with Crippen molar-refractivity contribution in [2.24, 2.45) is 0 Å². The first kappa shape index (κ1) is 21.2. The van der Waals surface area contributed by atoms with Gasteiger partial charge < -0.3 is 19.9 Å². The van der Waals surface area contributed by atoms with Gasteiger partial charge in [-0.2, -0.15) is 0 Å². The number of H-pyrrole nitrogens is 1. The van der Waals surface area contributed by atoms with Crippen molar-refractivity contribution in [1.82, 2.24) is 15.3 Å². The van der Waals surface area contributed by atoms with Crippen LogP contribution >= 0.6 is 12.2 Å². The maximum atomic E-state index is 6.10. The largest absolute Gasteiger partial charge is 0.457 e. The van der Waals surface area contributed by atoms with Gasteiger partial charge >= 0.3 is 0 Å². The molecule has 0 spiro atoms. The number of hydrogen-bond donors (Lipinski definition) is 2. The number of para-hydroxylation sites is 1. The van der Waals surface area contributed by atoms with E-state index in [2.05, 4.69) is 52.2 Å². The second-order valence-corrected chi connectivity index (χ2v) is 8.78. The van der Waals surface area contributed by atoms with Gasteiger partial charge in [-0.1, -0.05) is 24.3 Å². The first-order chi connectivity index (χ1) is 16.0. The summed E-state index contributed by atoms with van der Waals surface area (Å²) in [7, 11) is 0. The molecule has 33 heavy (non-hydrogen) atoms. The monoisotopic (exact) mass is 454 g/mol. The molecule has 5 nitrogen and oxygen atoms in total. The van der Waals surface area contributed by atoms with Gasteiger partial charge in [-0.3, -0.25) is 4.98 Å². The van der Waals surface area contributed by atoms with Gasteiger partial charge in [-0.15, -0.1) is 0 Å². The number of ether oxygens (including phenoxy) is 1. The van der Waals surface area contributed by atoms with Crippen LogP contribution < -0.4 is 15.0 Å². The van der Waals surface area contributed by atoms with Gasteiger partial charge in [-0.05, 0) is 92.6 Å². The predicted octanol–water partition coefficient (Wildman–Crippen LogP) is 6.30. The topological polar surface area (TPSA) is 53.2 Å². The fourth-order valence-electron chi connectivity index (χ4n) is 4.47. The number of benzene rings is 2. The standard InChI is InChI=1S/C27H26N4OS/c1-17-8-4-5-10-24(17)32-21-13-11-20(12-14-21)31-26(22-16-18(2)29-19(22)3)25(30-27(31)33)23-9-6-7-15-28-23/h4-16,25-26,29H,1-3H3,(H,30,33)/t25-,26-/m0/s1. The summed E-state index contributed by atoms with van der Waals surface area (Å²) < 4.78 is 6.10. The number of nitrogens with one attached hydrogen (secondary N) is 2. The molecule has 3 heterocycles. The van der Waals surface area contributed by atoms with Gasteiger partial charge in [0.05, 0.1) is 17.8 Å². The van der Waals surface area contributed by atoms with Gasteiger partial charge in [0.2, 0.25) is 0 Å². The maximum Gasteiger partial charge on any atom is 0.174 e. The lowest BCUT2D eigenvalue weighted by Crippen LogP contribution is -2.29. The molecular weight excluding hydrogens is 428 g/mol. The lowest BCUT2D eigenvalue weighted by Gasteiger charge is -2.28. The van der Waals surface area contributed by atoms with Crippen LogP contribution in [0.15, 0.2) is 79.0 Å². The van der Waals surface area contributed by atoms with E-state index in [0.717, 1.165) is 39.8 Å². The fraction of sp³-hybridized carbons (Fsp3) is 0.185. The normalized spacial score (nSPS) is 17.8. The fourth-order valence-corrected chi connectivity index (χ4v) is 4.82. The molecule has 1 aliphatic heterocycles. The van der Waals surface area contributed by atoms with Gasteiger partial charge in [0, 0.05) is 23.3 Å².